The van der Waals surface area contributed by atoms with Gasteiger partial charge in [-0.15, -0.1) is 11.3 Å². The van der Waals surface area contributed by atoms with Gasteiger partial charge in [0.25, 0.3) is 0 Å². The third kappa shape index (κ3) is 7.92. The number of nitrogens with zero attached hydrogens (tertiary/aromatic N) is 1. The Morgan fingerprint density at radius 3 is 2.53 bits per heavy atom. The summed E-state index contributed by atoms with van der Waals surface area (Å²) in [6, 6.07) is 9.04. The van der Waals surface area contributed by atoms with Gasteiger partial charge < -0.3 is 19.5 Å². The minimum Gasteiger partial charge on any atom is -0.490 e. The van der Waals surface area contributed by atoms with Gasteiger partial charge in [0.1, 0.15) is 5.00 Å². The monoisotopic (exact) mass is 645 g/mol. The average molecular weight is 647 g/mol. The number of carbonyl (C=O) groups is 4. The van der Waals surface area contributed by atoms with Gasteiger partial charge in [-0.2, -0.15) is 5.10 Å². The lowest BCUT2D eigenvalue weighted by molar-refractivity contribution is -0.136. The molecule has 0 aliphatic heterocycles. The van der Waals surface area contributed by atoms with Crippen LogP contribution in [0.2, 0.25) is 10.0 Å². The first-order valence-corrected chi connectivity index (χ1v) is 15.1. The number of carbonyl (C=O) groups excluding carboxylic acids is 4. The number of rotatable bonds is 9. The largest absolute Gasteiger partial charge is 0.490 e. The van der Waals surface area contributed by atoms with Gasteiger partial charge in [0.15, 0.2) is 11.5 Å². The average Bonchev–Trinajstić information content (AvgIpc) is 3.31. The first kappa shape index (κ1) is 32.0. The van der Waals surface area contributed by atoms with Crippen LogP contribution in [0.15, 0.2) is 41.5 Å². The number of fused-ring (bicyclic) bond motifs is 1. The van der Waals surface area contributed by atoms with Crippen molar-refractivity contribution in [3.05, 3.63) is 73.6 Å². The Kier molecular flexibility index (Phi) is 10.8. The number of amides is 2. The van der Waals surface area contributed by atoms with E-state index < -0.39 is 23.8 Å². The number of hydrazone groups is 1. The number of esters is 2. The molecular formula is C30H29Cl2N3O7S. The molecule has 4 rings (SSSR count). The SMILES string of the molecule is CCOC(=O)c1c(NC(=O)C(=O)N/N=C\c2ccc(OC(=O)c3ccc(Cl)cc3Cl)c(OCC)c2)sc2c1CC[C@@H](C)C2. The quantitative estimate of drug-likeness (QED) is 0.0950. The number of halogens is 2. The van der Waals surface area contributed by atoms with Gasteiger partial charge in [0, 0.05) is 9.90 Å². The summed E-state index contributed by atoms with van der Waals surface area (Å²) in [5.41, 5.74) is 3.97. The summed E-state index contributed by atoms with van der Waals surface area (Å²) in [5.74, 6) is -2.39. The molecule has 0 saturated carbocycles. The second-order valence-corrected chi connectivity index (χ2v) is 11.5. The maximum atomic E-state index is 12.7. The van der Waals surface area contributed by atoms with Gasteiger partial charge in [0.2, 0.25) is 0 Å². The lowest BCUT2D eigenvalue weighted by Gasteiger charge is -2.18. The molecule has 0 radical (unpaired) electrons. The third-order valence-electron chi connectivity index (χ3n) is 6.43. The van der Waals surface area contributed by atoms with Crippen LogP contribution in [0, 0.1) is 5.92 Å². The van der Waals surface area contributed by atoms with Gasteiger partial charge in [-0.3, -0.25) is 9.59 Å². The summed E-state index contributed by atoms with van der Waals surface area (Å²) in [7, 11) is 0. The lowest BCUT2D eigenvalue weighted by Crippen LogP contribution is -2.32. The molecule has 1 aromatic heterocycles. The standard InChI is InChI=1S/C30H29Cl2N3O7S/c1-4-40-23-13-17(7-11-22(23)42-29(38)19-10-8-18(31)14-21(19)32)15-33-35-27(37)26(36)34-28-25(30(39)41-5-2)20-9-6-16(3)12-24(20)43-28/h7-8,10-11,13-16H,4-6,9,12H2,1-3H3,(H,34,36)(H,35,37)/b33-15-/t16-/m1/s1. The van der Waals surface area contributed by atoms with E-state index in [0.29, 0.717) is 28.5 Å². The zero-order valence-corrected chi connectivity index (χ0v) is 26.0. The Balaban J connectivity index is 1.42. The molecule has 3 aromatic rings. The molecule has 0 spiro atoms. The Hall–Kier alpha value is -3.93. The van der Waals surface area contributed by atoms with Crippen molar-refractivity contribution in [2.75, 3.05) is 18.5 Å². The van der Waals surface area contributed by atoms with E-state index in [-0.39, 0.29) is 40.3 Å². The van der Waals surface area contributed by atoms with Crippen molar-refractivity contribution >= 4 is 69.5 Å². The number of benzene rings is 2. The van der Waals surface area contributed by atoms with E-state index in [1.54, 1.807) is 26.0 Å². The highest BCUT2D eigenvalue weighted by molar-refractivity contribution is 7.17. The van der Waals surface area contributed by atoms with Crippen LogP contribution in [0.25, 0.3) is 0 Å². The van der Waals surface area contributed by atoms with Crippen LogP contribution in [0.1, 0.15) is 63.9 Å². The normalized spacial score (nSPS) is 14.1. The van der Waals surface area contributed by atoms with Crippen molar-refractivity contribution in [1.82, 2.24) is 5.43 Å². The van der Waals surface area contributed by atoms with Gasteiger partial charge in [0.05, 0.1) is 35.6 Å². The minimum atomic E-state index is -1.03. The summed E-state index contributed by atoms with van der Waals surface area (Å²) >= 11 is 13.3. The summed E-state index contributed by atoms with van der Waals surface area (Å²) in [6.45, 7) is 6.07. The van der Waals surface area contributed by atoms with Crippen molar-refractivity contribution in [3.63, 3.8) is 0 Å². The molecule has 0 unspecified atom stereocenters. The number of nitrogens with one attached hydrogen (secondary N) is 2. The van der Waals surface area contributed by atoms with Gasteiger partial charge in [-0.05, 0) is 86.6 Å². The summed E-state index contributed by atoms with van der Waals surface area (Å²) in [5, 5.41) is 7.22. The van der Waals surface area contributed by atoms with Crippen LogP contribution in [0.4, 0.5) is 5.00 Å². The lowest BCUT2D eigenvalue weighted by atomic mass is 9.88. The molecule has 13 heteroatoms. The van der Waals surface area contributed by atoms with E-state index in [0.717, 1.165) is 23.3 Å². The molecule has 43 heavy (non-hydrogen) atoms. The Labute approximate surface area is 262 Å². The predicted molar refractivity (Wildman–Crippen MR) is 165 cm³/mol. The van der Waals surface area contributed by atoms with Crippen molar-refractivity contribution in [2.45, 2.75) is 40.0 Å². The highest BCUT2D eigenvalue weighted by atomic mass is 35.5. The van der Waals surface area contributed by atoms with E-state index in [4.69, 9.17) is 37.4 Å². The van der Waals surface area contributed by atoms with Crippen LogP contribution in [0.3, 0.4) is 0 Å². The molecule has 10 nitrogen and oxygen atoms in total. The molecule has 0 fully saturated rings. The van der Waals surface area contributed by atoms with Crippen molar-refractivity contribution in [1.29, 1.82) is 0 Å². The van der Waals surface area contributed by atoms with Crippen molar-refractivity contribution < 1.29 is 33.4 Å². The van der Waals surface area contributed by atoms with Gasteiger partial charge >= 0.3 is 23.8 Å². The predicted octanol–water partition coefficient (Wildman–Crippen LogP) is 6.06. The van der Waals surface area contributed by atoms with Crippen LogP contribution in [-0.4, -0.2) is 43.2 Å². The van der Waals surface area contributed by atoms with Crippen molar-refractivity contribution in [3.8, 4) is 11.5 Å². The first-order chi connectivity index (χ1) is 20.6. The van der Waals surface area contributed by atoms with E-state index in [1.165, 1.54) is 41.8 Å². The third-order valence-corrected chi connectivity index (χ3v) is 8.14. The highest BCUT2D eigenvalue weighted by Crippen LogP contribution is 2.40. The van der Waals surface area contributed by atoms with Crippen LogP contribution in [0.5, 0.6) is 11.5 Å². The molecule has 1 atom stereocenters. The molecule has 0 bridgehead atoms. The molecule has 1 aliphatic carbocycles. The number of anilines is 1. The molecule has 2 N–H and O–H groups in total. The summed E-state index contributed by atoms with van der Waals surface area (Å²) in [4.78, 5) is 51.5. The van der Waals surface area contributed by atoms with E-state index in [1.807, 2.05) is 0 Å². The first-order valence-electron chi connectivity index (χ1n) is 13.5. The topological polar surface area (TPSA) is 132 Å². The maximum absolute atomic E-state index is 12.7. The van der Waals surface area contributed by atoms with Crippen molar-refractivity contribution in [2.24, 2.45) is 11.0 Å². The highest BCUT2D eigenvalue weighted by Gasteiger charge is 2.30. The molecular weight excluding hydrogens is 617 g/mol. The van der Waals surface area contributed by atoms with Crippen LogP contribution >= 0.6 is 34.5 Å². The second-order valence-electron chi connectivity index (χ2n) is 9.58. The van der Waals surface area contributed by atoms with Crippen LogP contribution in [-0.2, 0) is 27.2 Å². The van der Waals surface area contributed by atoms with E-state index in [2.05, 4.69) is 22.8 Å². The minimum absolute atomic E-state index is 0.131. The Morgan fingerprint density at radius 1 is 1.02 bits per heavy atom. The Bertz CT molecular complexity index is 1590. The zero-order chi connectivity index (χ0) is 31.1. The van der Waals surface area contributed by atoms with Gasteiger partial charge in [-0.25, -0.2) is 15.0 Å². The number of thiophene rings is 1. The summed E-state index contributed by atoms with van der Waals surface area (Å²) in [6.07, 6.45) is 3.70. The summed E-state index contributed by atoms with van der Waals surface area (Å²) < 4.78 is 16.3. The molecule has 1 heterocycles. The fourth-order valence-corrected chi connectivity index (χ4v) is 6.28. The molecule has 2 amide bonds. The van der Waals surface area contributed by atoms with Crippen LogP contribution < -0.4 is 20.2 Å². The number of hydrogen-bond donors (Lipinski definition) is 2. The molecule has 226 valence electrons. The van der Waals surface area contributed by atoms with E-state index >= 15 is 0 Å². The second kappa shape index (κ2) is 14.5. The Morgan fingerprint density at radius 2 is 1.81 bits per heavy atom. The zero-order valence-electron chi connectivity index (χ0n) is 23.6. The van der Waals surface area contributed by atoms with E-state index in [9.17, 15) is 19.2 Å². The fourth-order valence-electron chi connectivity index (χ4n) is 4.40. The van der Waals surface area contributed by atoms with Gasteiger partial charge in [-0.1, -0.05) is 30.1 Å². The smallest absolute Gasteiger partial charge is 0.345 e. The molecule has 2 aromatic carbocycles. The maximum Gasteiger partial charge on any atom is 0.345 e. The molecule has 1 aliphatic rings. The number of hydrogen-bond acceptors (Lipinski definition) is 9. The number of ether oxygens (including phenoxy) is 3. The molecule has 0 saturated heterocycles. The fraction of sp³-hybridized carbons (Fsp3) is 0.300.